The molecule has 0 amide bonds. The Bertz CT molecular complexity index is 1910. The van der Waals surface area contributed by atoms with Crippen LogP contribution >= 0.6 is 15.6 Å². The van der Waals surface area contributed by atoms with Crippen molar-refractivity contribution in [2.24, 2.45) is 0 Å². The zero-order valence-corrected chi connectivity index (χ0v) is 67.7. The summed E-state index contributed by atoms with van der Waals surface area (Å²) in [5, 5.41) is 10.6. The summed E-state index contributed by atoms with van der Waals surface area (Å²) in [6, 6.07) is 0. The van der Waals surface area contributed by atoms with Gasteiger partial charge < -0.3 is 33.8 Å². The highest BCUT2D eigenvalue weighted by Gasteiger charge is 2.30. The normalized spacial score (nSPS) is 13.8. The van der Waals surface area contributed by atoms with E-state index in [0.29, 0.717) is 25.7 Å². The van der Waals surface area contributed by atoms with E-state index in [4.69, 9.17) is 37.0 Å². The van der Waals surface area contributed by atoms with Gasteiger partial charge in [0.25, 0.3) is 0 Å². The Balaban J connectivity index is 5.19. The number of ether oxygens (including phenoxy) is 4. The zero-order valence-electron chi connectivity index (χ0n) is 65.9. The molecule has 0 heterocycles. The predicted molar refractivity (Wildman–Crippen MR) is 414 cm³/mol. The van der Waals surface area contributed by atoms with Gasteiger partial charge in [0.2, 0.25) is 0 Å². The fourth-order valence-electron chi connectivity index (χ4n) is 12.8. The summed E-state index contributed by atoms with van der Waals surface area (Å²) in [4.78, 5) is 73.0. The summed E-state index contributed by atoms with van der Waals surface area (Å²) in [6.45, 7) is 5.02. The molecule has 5 atom stereocenters. The highest BCUT2D eigenvalue weighted by Crippen LogP contribution is 2.45. The molecule has 101 heavy (non-hydrogen) atoms. The molecule has 0 aromatic heterocycles. The number of phosphoric ester groups is 2. The number of rotatable bonds is 83. The Morgan fingerprint density at radius 3 is 0.584 bits per heavy atom. The molecular weight excluding hydrogens is 1320 g/mol. The lowest BCUT2D eigenvalue weighted by Gasteiger charge is -2.21. The summed E-state index contributed by atoms with van der Waals surface area (Å²) >= 11 is 0. The van der Waals surface area contributed by atoms with Crippen LogP contribution in [0.25, 0.3) is 0 Å². The Morgan fingerprint density at radius 2 is 0.396 bits per heavy atom. The number of carbonyl (C=O) groups is 4. The van der Waals surface area contributed by atoms with Gasteiger partial charge in [-0.05, 0) is 25.7 Å². The second kappa shape index (κ2) is 76.3. The van der Waals surface area contributed by atoms with E-state index < -0.39 is 97.5 Å². The third kappa shape index (κ3) is 76.1. The van der Waals surface area contributed by atoms with Crippen LogP contribution in [0.15, 0.2) is 0 Å². The summed E-state index contributed by atoms with van der Waals surface area (Å²) in [5.41, 5.74) is 0. The van der Waals surface area contributed by atoms with Crippen molar-refractivity contribution in [1.82, 2.24) is 0 Å². The Morgan fingerprint density at radius 1 is 0.238 bits per heavy atom. The van der Waals surface area contributed by atoms with Gasteiger partial charge in [-0.1, -0.05) is 394 Å². The lowest BCUT2D eigenvalue weighted by atomic mass is 10.0. The van der Waals surface area contributed by atoms with Crippen LogP contribution in [0.2, 0.25) is 0 Å². The minimum absolute atomic E-state index is 0.108. The van der Waals surface area contributed by atoms with Gasteiger partial charge in [0, 0.05) is 25.7 Å². The van der Waals surface area contributed by atoms with Gasteiger partial charge in [-0.25, -0.2) is 9.13 Å². The summed E-state index contributed by atoms with van der Waals surface area (Å²) in [5.74, 6) is -2.10. The Hall–Kier alpha value is -1.94. The molecular formula is C82H160O17P2. The second-order valence-corrected chi connectivity index (χ2v) is 32.4. The number of aliphatic hydroxyl groups is 1. The standard InChI is InChI=1S/C82H160O17P2/c1-5-9-13-17-21-25-29-32-34-36-37-38-39-40-42-44-46-49-53-57-61-65-69-82(87)99-78(73-93-80(85)67-63-59-55-51-48-45-43-41-35-33-30-26-22-18-14-10-6-2)75-97-101(90,91)95-71-76(83)70-94-100(88,89)96-74-77(72-92-79(84)66-62-58-54-50-28-24-20-16-12-8-4)98-81(86)68-64-60-56-52-47-31-27-23-19-15-11-7-3/h76-78,83H,5-75H2,1-4H3,(H,88,89)(H,90,91)/t76-,77+,78+/m0/s1. The van der Waals surface area contributed by atoms with Crippen molar-refractivity contribution < 1.29 is 80.2 Å². The summed E-state index contributed by atoms with van der Waals surface area (Å²) in [6.07, 6.45) is 69.4. The van der Waals surface area contributed by atoms with E-state index in [9.17, 15) is 43.2 Å². The van der Waals surface area contributed by atoms with Gasteiger partial charge in [-0.2, -0.15) is 0 Å². The van der Waals surface area contributed by atoms with Crippen LogP contribution in [0.4, 0.5) is 0 Å². The maximum Gasteiger partial charge on any atom is 0.472 e. The SMILES string of the molecule is CCCCCCCCCCCCCCCCCCCCCCCCC(=O)O[C@H](COC(=O)CCCCCCCCCCCCCCCCCCC)COP(=O)(O)OC[C@@H](O)COP(=O)(O)OC[C@@H](COC(=O)CCCCCCCCCCCC)OC(=O)CCCCCCCCCCCCCC. The predicted octanol–water partition coefficient (Wildman–Crippen LogP) is 25.0. The molecule has 0 saturated heterocycles. The van der Waals surface area contributed by atoms with Crippen LogP contribution in [0.1, 0.15) is 445 Å². The monoisotopic (exact) mass is 1480 g/mol. The molecule has 0 aromatic rings. The van der Waals surface area contributed by atoms with Crippen molar-refractivity contribution in [3.05, 3.63) is 0 Å². The summed E-state index contributed by atoms with van der Waals surface area (Å²) in [7, 11) is -9.92. The lowest BCUT2D eigenvalue weighted by Crippen LogP contribution is -2.30. The fraction of sp³-hybridized carbons (Fsp3) is 0.951. The highest BCUT2D eigenvalue weighted by atomic mass is 31.2. The van der Waals surface area contributed by atoms with Crippen molar-refractivity contribution in [2.45, 2.75) is 463 Å². The van der Waals surface area contributed by atoms with Crippen LogP contribution in [0, 0.1) is 0 Å². The molecule has 2 unspecified atom stereocenters. The van der Waals surface area contributed by atoms with Gasteiger partial charge in [0.1, 0.15) is 19.3 Å². The lowest BCUT2D eigenvalue weighted by molar-refractivity contribution is -0.161. The minimum atomic E-state index is -4.96. The molecule has 19 heteroatoms. The van der Waals surface area contributed by atoms with E-state index in [2.05, 4.69) is 27.7 Å². The first-order chi connectivity index (χ1) is 49.2. The first kappa shape index (κ1) is 99.1. The number of esters is 4. The van der Waals surface area contributed by atoms with Crippen molar-refractivity contribution in [3.63, 3.8) is 0 Å². The van der Waals surface area contributed by atoms with Crippen LogP contribution < -0.4 is 0 Å². The van der Waals surface area contributed by atoms with Gasteiger partial charge in [-0.15, -0.1) is 0 Å². The number of phosphoric acid groups is 2. The van der Waals surface area contributed by atoms with Gasteiger partial charge in [-0.3, -0.25) is 37.3 Å². The largest absolute Gasteiger partial charge is 0.472 e. The molecule has 600 valence electrons. The number of aliphatic hydroxyl groups excluding tert-OH is 1. The molecule has 0 radical (unpaired) electrons. The smallest absolute Gasteiger partial charge is 0.462 e. The number of carbonyl (C=O) groups excluding carboxylic acids is 4. The number of unbranched alkanes of at least 4 members (excludes halogenated alkanes) is 57. The highest BCUT2D eigenvalue weighted by molar-refractivity contribution is 7.47. The van der Waals surface area contributed by atoms with E-state index in [-0.39, 0.29) is 25.7 Å². The maximum atomic E-state index is 13.1. The van der Waals surface area contributed by atoms with E-state index in [1.165, 1.54) is 276 Å². The first-order valence-electron chi connectivity index (χ1n) is 42.8. The zero-order chi connectivity index (χ0) is 73.9. The average molecular weight is 1480 g/mol. The molecule has 0 spiro atoms. The van der Waals surface area contributed by atoms with Crippen LogP contribution in [0.5, 0.6) is 0 Å². The van der Waals surface area contributed by atoms with Crippen molar-refractivity contribution in [1.29, 1.82) is 0 Å². The van der Waals surface area contributed by atoms with Crippen molar-refractivity contribution >= 4 is 39.5 Å². The van der Waals surface area contributed by atoms with E-state index in [0.717, 1.165) is 89.9 Å². The molecule has 0 aromatic carbocycles. The van der Waals surface area contributed by atoms with Crippen LogP contribution in [0.3, 0.4) is 0 Å². The number of hydrogen-bond donors (Lipinski definition) is 3. The molecule has 0 aliphatic carbocycles. The van der Waals surface area contributed by atoms with Crippen LogP contribution in [-0.2, 0) is 65.4 Å². The molecule has 0 bridgehead atoms. The van der Waals surface area contributed by atoms with Crippen LogP contribution in [-0.4, -0.2) is 96.7 Å². The molecule has 0 aliphatic rings. The molecule has 0 rings (SSSR count). The second-order valence-electron chi connectivity index (χ2n) is 29.5. The minimum Gasteiger partial charge on any atom is -0.462 e. The topological polar surface area (TPSA) is 237 Å². The molecule has 0 fully saturated rings. The van der Waals surface area contributed by atoms with Crippen molar-refractivity contribution in [3.8, 4) is 0 Å². The van der Waals surface area contributed by atoms with Gasteiger partial charge in [0.15, 0.2) is 12.2 Å². The maximum absolute atomic E-state index is 13.1. The summed E-state index contributed by atoms with van der Waals surface area (Å²) < 4.78 is 68.7. The Labute approximate surface area is 619 Å². The van der Waals surface area contributed by atoms with E-state index in [1.54, 1.807) is 0 Å². The van der Waals surface area contributed by atoms with E-state index >= 15 is 0 Å². The quantitative estimate of drug-likeness (QED) is 0.0222. The van der Waals surface area contributed by atoms with Crippen molar-refractivity contribution in [2.75, 3.05) is 39.6 Å². The third-order valence-corrected chi connectivity index (χ3v) is 21.3. The molecule has 3 N–H and O–H groups in total. The first-order valence-corrected chi connectivity index (χ1v) is 45.8. The van der Waals surface area contributed by atoms with Gasteiger partial charge >= 0.3 is 39.5 Å². The molecule has 0 saturated carbocycles. The fourth-order valence-corrected chi connectivity index (χ4v) is 14.4. The Kier molecular flexibility index (Phi) is 74.8. The third-order valence-electron chi connectivity index (χ3n) is 19.4. The molecule has 0 aliphatic heterocycles. The van der Waals surface area contributed by atoms with Gasteiger partial charge in [0.05, 0.1) is 26.4 Å². The van der Waals surface area contributed by atoms with E-state index in [1.807, 2.05) is 0 Å². The number of hydrogen-bond acceptors (Lipinski definition) is 15. The molecule has 17 nitrogen and oxygen atoms in total. The average Bonchev–Trinajstić information content (AvgIpc) is 1.24.